The van der Waals surface area contributed by atoms with E-state index >= 15 is 0 Å². The summed E-state index contributed by atoms with van der Waals surface area (Å²) in [6, 6.07) is 4.50. The summed E-state index contributed by atoms with van der Waals surface area (Å²) in [5.41, 5.74) is 11.2. The third-order valence-corrected chi connectivity index (χ3v) is 5.78. The molecule has 3 nitrogen and oxygen atoms in total. The van der Waals surface area contributed by atoms with Crippen LogP contribution < -0.4 is 5.73 Å². The molecule has 1 spiro atoms. The van der Waals surface area contributed by atoms with Crippen LogP contribution in [0, 0.1) is 11.8 Å². The van der Waals surface area contributed by atoms with Crippen LogP contribution in [-0.4, -0.2) is 30.4 Å². The predicted molar refractivity (Wildman–Crippen MR) is 95.2 cm³/mol. The number of amidine groups is 1. The van der Waals surface area contributed by atoms with Crippen LogP contribution in [0.4, 0.5) is 5.69 Å². The average molecular weight is 307 g/mol. The molecule has 2 aliphatic heterocycles. The molecule has 1 aliphatic carbocycles. The lowest BCUT2D eigenvalue weighted by Crippen LogP contribution is -2.44. The summed E-state index contributed by atoms with van der Waals surface area (Å²) in [5, 5.41) is 0. The quantitative estimate of drug-likeness (QED) is 0.853. The van der Waals surface area contributed by atoms with Crippen LogP contribution in [0.5, 0.6) is 0 Å². The lowest BCUT2D eigenvalue weighted by Gasteiger charge is -2.39. The molecule has 0 unspecified atom stereocenters. The van der Waals surface area contributed by atoms with E-state index in [4.69, 9.17) is 5.73 Å². The highest BCUT2D eigenvalue weighted by atomic mass is 15.1. The molecule has 4 rings (SSSR count). The van der Waals surface area contributed by atoms with Gasteiger partial charge in [0.2, 0.25) is 0 Å². The zero-order valence-corrected chi connectivity index (χ0v) is 14.0. The molecule has 1 aromatic carbocycles. The molecule has 1 saturated heterocycles. The summed E-state index contributed by atoms with van der Waals surface area (Å²) in [6.45, 7) is 5.49. The number of aliphatic imine (C=N–C) groups is 1. The van der Waals surface area contributed by atoms with Crippen molar-refractivity contribution in [2.75, 3.05) is 19.6 Å². The third-order valence-electron chi connectivity index (χ3n) is 5.78. The Balaban J connectivity index is 1.63. The lowest BCUT2D eigenvalue weighted by molar-refractivity contribution is 0.344. The van der Waals surface area contributed by atoms with Crippen molar-refractivity contribution in [3.8, 4) is 11.8 Å². The van der Waals surface area contributed by atoms with Crippen molar-refractivity contribution in [2.45, 2.75) is 50.9 Å². The molecule has 0 aromatic heterocycles. The van der Waals surface area contributed by atoms with E-state index in [-0.39, 0.29) is 5.41 Å². The van der Waals surface area contributed by atoms with Crippen LogP contribution in [0.15, 0.2) is 17.1 Å². The molecule has 0 bridgehead atoms. The van der Waals surface area contributed by atoms with Crippen LogP contribution >= 0.6 is 0 Å². The van der Waals surface area contributed by atoms with Crippen molar-refractivity contribution < 1.29 is 0 Å². The number of benzene rings is 1. The maximum absolute atomic E-state index is 6.26. The van der Waals surface area contributed by atoms with Crippen molar-refractivity contribution in [3.05, 3.63) is 28.8 Å². The van der Waals surface area contributed by atoms with Crippen LogP contribution in [0.25, 0.3) is 0 Å². The molecular weight excluding hydrogens is 282 g/mol. The zero-order chi connectivity index (χ0) is 15.9. The highest BCUT2D eigenvalue weighted by Crippen LogP contribution is 2.52. The Morgan fingerprint density at radius 3 is 2.65 bits per heavy atom. The maximum Gasteiger partial charge on any atom is 0.110 e. The highest BCUT2D eigenvalue weighted by Gasteiger charge is 2.47. The third kappa shape index (κ3) is 2.37. The predicted octanol–water partition coefficient (Wildman–Crippen LogP) is 3.12. The number of hydrogen-bond acceptors (Lipinski definition) is 3. The summed E-state index contributed by atoms with van der Waals surface area (Å²) in [7, 11) is 0. The molecule has 2 heterocycles. The van der Waals surface area contributed by atoms with Crippen molar-refractivity contribution in [1.29, 1.82) is 0 Å². The minimum absolute atomic E-state index is 0.0563. The molecule has 2 N–H and O–H groups in total. The van der Waals surface area contributed by atoms with Gasteiger partial charge in [-0.1, -0.05) is 31.3 Å². The molecule has 0 amide bonds. The number of rotatable bonds is 2. The smallest absolute Gasteiger partial charge is 0.110 e. The van der Waals surface area contributed by atoms with Crippen molar-refractivity contribution in [1.82, 2.24) is 4.90 Å². The van der Waals surface area contributed by atoms with Gasteiger partial charge < -0.3 is 5.73 Å². The van der Waals surface area contributed by atoms with E-state index in [1.165, 1.54) is 43.5 Å². The van der Waals surface area contributed by atoms with Gasteiger partial charge in [0, 0.05) is 5.56 Å². The summed E-state index contributed by atoms with van der Waals surface area (Å²) in [6.07, 6.45) is 7.20. The van der Waals surface area contributed by atoms with E-state index < -0.39 is 0 Å². The largest absolute Gasteiger partial charge is 0.386 e. The molecule has 23 heavy (non-hydrogen) atoms. The first-order chi connectivity index (χ1) is 11.2. The van der Waals surface area contributed by atoms with Gasteiger partial charge in [0.15, 0.2) is 0 Å². The molecule has 0 atom stereocenters. The Hall–Kier alpha value is -1.79. The van der Waals surface area contributed by atoms with Gasteiger partial charge in [0.1, 0.15) is 5.84 Å². The second-order valence-electron chi connectivity index (χ2n) is 7.10. The zero-order valence-electron chi connectivity index (χ0n) is 14.0. The standard InChI is InChI=1S/C20H25N3/c1-2-15-13-17-18(22-19(21)20(17)8-6-9-20)14-16(15)7-5-12-23-10-3-4-11-23/h13-14H,2-4,6,8-12H2,1H3,(H2,21,22). The van der Waals surface area contributed by atoms with E-state index in [1.807, 2.05) is 0 Å². The number of aryl methyl sites for hydroxylation is 1. The van der Waals surface area contributed by atoms with Gasteiger partial charge in [-0.2, -0.15) is 0 Å². The number of nitrogens with two attached hydrogens (primary N) is 1. The fraction of sp³-hybridized carbons (Fsp3) is 0.550. The maximum atomic E-state index is 6.26. The highest BCUT2D eigenvalue weighted by molar-refractivity contribution is 6.00. The fourth-order valence-electron chi connectivity index (χ4n) is 4.14. The lowest BCUT2D eigenvalue weighted by atomic mass is 9.64. The summed E-state index contributed by atoms with van der Waals surface area (Å²) >= 11 is 0. The first kappa shape index (κ1) is 14.8. The monoisotopic (exact) mass is 307 g/mol. The molecular formula is C20H25N3. The SMILES string of the molecule is CCc1cc2c(cc1C#CCN1CCCC1)N=C(N)C21CCC1. The Bertz CT molecular complexity index is 710. The Morgan fingerprint density at radius 1 is 1.22 bits per heavy atom. The molecule has 1 aromatic rings. The molecule has 0 radical (unpaired) electrons. The van der Waals surface area contributed by atoms with Crippen molar-refractivity contribution >= 4 is 11.5 Å². The second-order valence-corrected chi connectivity index (χ2v) is 7.10. The molecule has 3 aliphatic rings. The number of fused-ring (bicyclic) bond motifs is 2. The first-order valence-electron chi connectivity index (χ1n) is 8.96. The van der Waals surface area contributed by atoms with E-state index in [2.05, 4.69) is 40.8 Å². The number of hydrogen-bond donors (Lipinski definition) is 1. The summed E-state index contributed by atoms with van der Waals surface area (Å²) in [4.78, 5) is 7.10. The molecule has 120 valence electrons. The van der Waals surface area contributed by atoms with E-state index in [0.29, 0.717) is 0 Å². The Labute approximate surface area is 139 Å². The van der Waals surface area contributed by atoms with Gasteiger partial charge in [0.25, 0.3) is 0 Å². The van der Waals surface area contributed by atoms with Gasteiger partial charge in [-0.15, -0.1) is 0 Å². The second kappa shape index (κ2) is 5.69. The van der Waals surface area contributed by atoms with E-state index in [1.54, 1.807) is 0 Å². The average Bonchev–Trinajstić information content (AvgIpc) is 3.10. The number of likely N-dealkylation sites (tertiary alicyclic amines) is 1. The Morgan fingerprint density at radius 2 is 2.00 bits per heavy atom. The van der Waals surface area contributed by atoms with E-state index in [9.17, 15) is 0 Å². The van der Waals surface area contributed by atoms with Gasteiger partial charge >= 0.3 is 0 Å². The molecule has 1 saturated carbocycles. The van der Waals surface area contributed by atoms with Crippen molar-refractivity contribution in [3.63, 3.8) is 0 Å². The minimum atomic E-state index is 0.0563. The fourth-order valence-corrected chi connectivity index (χ4v) is 4.14. The van der Waals surface area contributed by atoms with Gasteiger partial charge in [-0.25, -0.2) is 4.99 Å². The van der Waals surface area contributed by atoms with Gasteiger partial charge in [0.05, 0.1) is 17.6 Å². The molecule has 2 fully saturated rings. The normalized spacial score (nSPS) is 21.5. The van der Waals surface area contributed by atoms with Crippen molar-refractivity contribution in [2.24, 2.45) is 10.7 Å². The summed E-state index contributed by atoms with van der Waals surface area (Å²) < 4.78 is 0. The molecule has 3 heteroatoms. The minimum Gasteiger partial charge on any atom is -0.386 e. The van der Waals surface area contributed by atoms with Gasteiger partial charge in [-0.3, -0.25) is 4.90 Å². The van der Waals surface area contributed by atoms with Gasteiger partial charge in [-0.05, 0) is 62.4 Å². The van der Waals surface area contributed by atoms with E-state index in [0.717, 1.165) is 42.9 Å². The summed E-state index contributed by atoms with van der Waals surface area (Å²) in [5.74, 6) is 7.59. The first-order valence-corrected chi connectivity index (χ1v) is 8.96. The van der Waals surface area contributed by atoms with Crippen LogP contribution in [0.3, 0.4) is 0 Å². The Kier molecular flexibility index (Phi) is 3.66. The van der Waals surface area contributed by atoms with Crippen LogP contribution in [-0.2, 0) is 11.8 Å². The number of nitrogens with zero attached hydrogens (tertiary/aromatic N) is 2. The topological polar surface area (TPSA) is 41.6 Å². The van der Waals surface area contributed by atoms with Crippen LogP contribution in [0.1, 0.15) is 55.7 Å². The van der Waals surface area contributed by atoms with Crippen LogP contribution in [0.2, 0.25) is 0 Å².